The Kier molecular flexibility index (Phi) is 6.37. The Labute approximate surface area is 120 Å². The first kappa shape index (κ1) is 16.9. The molecule has 2 aliphatic rings. The first-order valence-electron chi connectivity index (χ1n) is 7.39. The van der Waals surface area contributed by atoms with Crippen LogP contribution in [0.15, 0.2) is 0 Å². The van der Waals surface area contributed by atoms with E-state index in [0.717, 1.165) is 0 Å². The smallest absolute Gasteiger partial charge is 0.373 e. The van der Waals surface area contributed by atoms with E-state index in [4.69, 9.17) is 14.3 Å². The van der Waals surface area contributed by atoms with Gasteiger partial charge in [-0.2, -0.15) is 9.59 Å². The van der Waals surface area contributed by atoms with Crippen molar-refractivity contribution < 1.29 is 19.1 Å². The maximum Gasteiger partial charge on any atom is 0.373 e. The molecular formula is C15H25NO4. The Morgan fingerprint density at radius 2 is 1.45 bits per heavy atom. The van der Waals surface area contributed by atoms with E-state index >= 15 is 0 Å². The second-order valence-electron chi connectivity index (χ2n) is 6.17. The molecule has 1 unspecified atom stereocenters. The van der Waals surface area contributed by atoms with Gasteiger partial charge >= 0.3 is 12.1 Å². The molecule has 2 rings (SSSR count). The van der Waals surface area contributed by atoms with Crippen molar-refractivity contribution in [1.82, 2.24) is 4.90 Å². The van der Waals surface area contributed by atoms with Gasteiger partial charge in [0.2, 0.25) is 0 Å². The van der Waals surface area contributed by atoms with Crippen LogP contribution in [0.2, 0.25) is 0 Å². The Balaban J connectivity index is 0.000000612. The molecule has 0 radical (unpaired) electrons. The molecule has 0 aromatic heterocycles. The summed E-state index contributed by atoms with van der Waals surface area (Å²) in [6.07, 6.45) is 5.27. The van der Waals surface area contributed by atoms with E-state index in [-0.39, 0.29) is 24.3 Å². The van der Waals surface area contributed by atoms with E-state index in [0.29, 0.717) is 18.0 Å². The number of esters is 1. The summed E-state index contributed by atoms with van der Waals surface area (Å²) in [7, 11) is 0. The van der Waals surface area contributed by atoms with Crippen LogP contribution in [0.1, 0.15) is 53.4 Å². The van der Waals surface area contributed by atoms with Gasteiger partial charge < -0.3 is 4.74 Å². The molecule has 114 valence electrons. The number of hydrogen-bond acceptors (Lipinski definition) is 5. The van der Waals surface area contributed by atoms with E-state index in [1.807, 2.05) is 13.8 Å². The molecule has 0 aromatic rings. The fourth-order valence-electron chi connectivity index (χ4n) is 2.54. The Hall–Kier alpha value is -1.19. The standard InChI is InChI=1S/C14H25NO2.CO2/c1-9(2)13(14(16)17-10(3)4)15(11-5-6-11)12-7-8-12;2-1-3/h9-13H,5-8H2,1-4H3;. The van der Waals surface area contributed by atoms with E-state index in [1.54, 1.807) is 0 Å². The molecule has 1 atom stereocenters. The molecule has 2 aliphatic carbocycles. The van der Waals surface area contributed by atoms with Crippen molar-refractivity contribution in [3.63, 3.8) is 0 Å². The van der Waals surface area contributed by atoms with Crippen LogP contribution < -0.4 is 0 Å². The quantitative estimate of drug-likeness (QED) is 0.698. The number of rotatable bonds is 6. The highest BCUT2D eigenvalue weighted by Crippen LogP contribution is 2.40. The molecule has 0 bridgehead atoms. The fourth-order valence-corrected chi connectivity index (χ4v) is 2.54. The largest absolute Gasteiger partial charge is 0.462 e. The number of nitrogens with zero attached hydrogens (tertiary/aromatic N) is 1. The molecular weight excluding hydrogens is 258 g/mol. The molecule has 2 saturated carbocycles. The lowest BCUT2D eigenvalue weighted by atomic mass is 10.0. The van der Waals surface area contributed by atoms with Crippen molar-refractivity contribution >= 4 is 12.1 Å². The molecule has 0 aromatic carbocycles. The predicted octanol–water partition coefficient (Wildman–Crippen LogP) is 2.01. The van der Waals surface area contributed by atoms with Crippen molar-refractivity contribution in [2.75, 3.05) is 0 Å². The summed E-state index contributed by atoms with van der Waals surface area (Å²) >= 11 is 0. The van der Waals surface area contributed by atoms with E-state index in [2.05, 4.69) is 18.7 Å². The fraction of sp³-hybridized carbons (Fsp3) is 0.867. The van der Waals surface area contributed by atoms with Crippen molar-refractivity contribution in [1.29, 1.82) is 0 Å². The molecule has 20 heavy (non-hydrogen) atoms. The van der Waals surface area contributed by atoms with Crippen LogP contribution in [0.4, 0.5) is 0 Å². The van der Waals surface area contributed by atoms with Crippen molar-refractivity contribution in [2.45, 2.75) is 77.6 Å². The number of ether oxygens (including phenoxy) is 1. The monoisotopic (exact) mass is 283 g/mol. The van der Waals surface area contributed by atoms with Crippen LogP contribution in [0.5, 0.6) is 0 Å². The third-order valence-electron chi connectivity index (χ3n) is 3.48. The lowest BCUT2D eigenvalue weighted by Crippen LogP contribution is -2.48. The Morgan fingerprint density at radius 3 is 1.70 bits per heavy atom. The van der Waals surface area contributed by atoms with Crippen molar-refractivity contribution in [3.05, 3.63) is 0 Å². The van der Waals surface area contributed by atoms with Crippen LogP contribution >= 0.6 is 0 Å². The van der Waals surface area contributed by atoms with Gasteiger partial charge in [0.05, 0.1) is 6.10 Å². The lowest BCUT2D eigenvalue weighted by Gasteiger charge is -2.33. The predicted molar refractivity (Wildman–Crippen MR) is 72.7 cm³/mol. The highest BCUT2D eigenvalue weighted by molar-refractivity contribution is 5.76. The highest BCUT2D eigenvalue weighted by Gasteiger charge is 2.46. The molecule has 0 N–H and O–H groups in total. The normalized spacial score (nSPS) is 19.4. The minimum absolute atomic E-state index is 0.0102. The molecule has 0 amide bonds. The third kappa shape index (κ3) is 5.06. The van der Waals surface area contributed by atoms with Gasteiger partial charge in [0.15, 0.2) is 0 Å². The lowest BCUT2D eigenvalue weighted by molar-refractivity contribution is -0.191. The van der Waals surface area contributed by atoms with E-state index in [9.17, 15) is 4.79 Å². The average Bonchev–Trinajstić information content (AvgIpc) is 3.18. The van der Waals surface area contributed by atoms with Gasteiger partial charge in [-0.1, -0.05) is 13.8 Å². The van der Waals surface area contributed by atoms with Gasteiger partial charge in [0, 0.05) is 12.1 Å². The Morgan fingerprint density at radius 1 is 1.05 bits per heavy atom. The highest BCUT2D eigenvalue weighted by atomic mass is 16.5. The SMILES string of the molecule is CC(C)OC(=O)C(C(C)C)N(C1CC1)C1CC1.O=C=O. The first-order valence-corrected chi connectivity index (χ1v) is 7.39. The van der Waals surface area contributed by atoms with Gasteiger partial charge in [0.1, 0.15) is 6.04 Å². The zero-order valence-corrected chi connectivity index (χ0v) is 12.8. The third-order valence-corrected chi connectivity index (χ3v) is 3.48. The summed E-state index contributed by atoms with van der Waals surface area (Å²) < 4.78 is 5.43. The van der Waals surface area contributed by atoms with Crippen molar-refractivity contribution in [3.8, 4) is 0 Å². The maximum atomic E-state index is 12.2. The van der Waals surface area contributed by atoms with Crippen LogP contribution in [-0.2, 0) is 19.1 Å². The van der Waals surface area contributed by atoms with Crippen LogP contribution in [-0.4, -0.2) is 41.3 Å². The zero-order valence-electron chi connectivity index (χ0n) is 12.8. The second kappa shape index (κ2) is 7.55. The summed E-state index contributed by atoms with van der Waals surface area (Å²) in [5.41, 5.74) is 0. The molecule has 5 nitrogen and oxygen atoms in total. The summed E-state index contributed by atoms with van der Waals surface area (Å²) in [4.78, 5) is 30.9. The summed E-state index contributed by atoms with van der Waals surface area (Å²) in [6, 6.07) is 1.27. The average molecular weight is 283 g/mol. The van der Waals surface area contributed by atoms with Gasteiger partial charge in [-0.3, -0.25) is 9.69 Å². The molecule has 5 heteroatoms. The minimum atomic E-state index is -0.0302. The second-order valence-corrected chi connectivity index (χ2v) is 6.17. The van der Waals surface area contributed by atoms with E-state index in [1.165, 1.54) is 25.7 Å². The van der Waals surface area contributed by atoms with Gasteiger partial charge in [0.25, 0.3) is 0 Å². The summed E-state index contributed by atoms with van der Waals surface area (Å²) in [5, 5.41) is 0. The van der Waals surface area contributed by atoms with Gasteiger partial charge in [-0.15, -0.1) is 0 Å². The molecule has 0 saturated heterocycles. The van der Waals surface area contributed by atoms with Crippen molar-refractivity contribution in [2.24, 2.45) is 5.92 Å². The summed E-state index contributed by atoms with van der Waals surface area (Å²) in [6.45, 7) is 8.11. The molecule has 0 spiro atoms. The molecule has 2 fully saturated rings. The first-order chi connectivity index (χ1) is 9.42. The maximum absolute atomic E-state index is 12.2. The number of carbonyl (C=O) groups is 1. The van der Waals surface area contributed by atoms with Crippen LogP contribution in [0.25, 0.3) is 0 Å². The minimum Gasteiger partial charge on any atom is -0.462 e. The summed E-state index contributed by atoms with van der Waals surface area (Å²) in [5.74, 6) is 0.316. The van der Waals surface area contributed by atoms with Gasteiger partial charge in [-0.05, 0) is 45.4 Å². The Bertz CT molecular complexity index is 341. The number of hydrogen-bond donors (Lipinski definition) is 0. The van der Waals surface area contributed by atoms with Crippen LogP contribution in [0.3, 0.4) is 0 Å². The van der Waals surface area contributed by atoms with E-state index < -0.39 is 0 Å². The molecule has 0 heterocycles. The van der Waals surface area contributed by atoms with Crippen LogP contribution in [0, 0.1) is 5.92 Å². The topological polar surface area (TPSA) is 63.7 Å². The van der Waals surface area contributed by atoms with Gasteiger partial charge in [-0.25, -0.2) is 0 Å². The molecule has 0 aliphatic heterocycles. The zero-order chi connectivity index (χ0) is 15.3. The number of carbonyl (C=O) groups excluding carboxylic acids is 3.